The maximum atomic E-state index is 13.3. The largest absolute Gasteiger partial charge is 0.461 e. The third kappa shape index (κ3) is 4.62. The van der Waals surface area contributed by atoms with Gasteiger partial charge in [-0.15, -0.1) is 0 Å². The molecule has 0 aromatic heterocycles. The highest BCUT2D eigenvalue weighted by atomic mass is 16.5. The van der Waals surface area contributed by atoms with Gasteiger partial charge in [-0.25, -0.2) is 0 Å². The second kappa shape index (κ2) is 9.26. The number of amides is 1. The lowest BCUT2D eigenvalue weighted by Gasteiger charge is -2.33. The highest BCUT2D eigenvalue weighted by Gasteiger charge is 2.41. The lowest BCUT2D eigenvalue weighted by molar-refractivity contribution is -0.159. The van der Waals surface area contributed by atoms with E-state index in [0.717, 1.165) is 23.1 Å². The lowest BCUT2D eigenvalue weighted by atomic mass is 9.77. The minimum atomic E-state index is -0.612. The van der Waals surface area contributed by atoms with Crippen LogP contribution in [0, 0.1) is 11.8 Å². The van der Waals surface area contributed by atoms with Gasteiger partial charge < -0.3 is 14.7 Å². The van der Waals surface area contributed by atoms with Crippen LogP contribution >= 0.6 is 0 Å². The predicted octanol–water partition coefficient (Wildman–Crippen LogP) is 3.78. The Hall–Kier alpha value is -2.92. The average molecular weight is 405 g/mol. The van der Waals surface area contributed by atoms with Crippen molar-refractivity contribution in [3.63, 3.8) is 0 Å². The molecule has 3 atom stereocenters. The van der Waals surface area contributed by atoms with Crippen LogP contribution in [-0.4, -0.2) is 34.5 Å². The number of hydrogen-bond donors (Lipinski definition) is 1. The molecule has 1 heterocycles. The summed E-state index contributed by atoms with van der Waals surface area (Å²) in [5.41, 5.74) is 3.15. The zero-order chi connectivity index (χ0) is 20.9. The van der Waals surface area contributed by atoms with Crippen molar-refractivity contribution < 1.29 is 19.4 Å². The summed E-state index contributed by atoms with van der Waals surface area (Å²) in [5.74, 6) is -1.51. The first-order valence-electron chi connectivity index (χ1n) is 10.6. The van der Waals surface area contributed by atoms with E-state index in [9.17, 15) is 14.7 Å². The normalized spacial score (nSPS) is 23.7. The molecular weight excluding hydrogens is 378 g/mol. The van der Waals surface area contributed by atoms with Crippen LogP contribution in [0.15, 0.2) is 66.9 Å². The van der Waals surface area contributed by atoms with Gasteiger partial charge in [0.2, 0.25) is 5.91 Å². The summed E-state index contributed by atoms with van der Waals surface area (Å²) >= 11 is 0. The van der Waals surface area contributed by atoms with Crippen molar-refractivity contribution in [2.75, 3.05) is 6.54 Å². The van der Waals surface area contributed by atoms with Crippen LogP contribution < -0.4 is 0 Å². The molecule has 1 saturated carbocycles. The van der Waals surface area contributed by atoms with Crippen LogP contribution in [0.4, 0.5) is 0 Å². The molecule has 30 heavy (non-hydrogen) atoms. The van der Waals surface area contributed by atoms with Gasteiger partial charge in [0.15, 0.2) is 0 Å². The highest BCUT2D eigenvalue weighted by Crippen LogP contribution is 2.35. The third-order valence-corrected chi connectivity index (χ3v) is 6.03. The smallest absolute Gasteiger partial charge is 0.310 e. The Morgan fingerprint density at radius 3 is 2.40 bits per heavy atom. The van der Waals surface area contributed by atoms with Gasteiger partial charge in [-0.3, -0.25) is 9.59 Å². The van der Waals surface area contributed by atoms with Gasteiger partial charge in [-0.2, -0.15) is 0 Å². The summed E-state index contributed by atoms with van der Waals surface area (Å²) < 4.78 is 5.51. The number of ether oxygens (including phenoxy) is 1. The molecule has 0 radical (unpaired) electrons. The molecule has 2 aliphatic rings. The molecule has 1 aliphatic carbocycles. The molecule has 1 fully saturated rings. The number of aliphatic hydroxyl groups is 1. The van der Waals surface area contributed by atoms with Crippen molar-refractivity contribution in [3.8, 4) is 0 Å². The van der Waals surface area contributed by atoms with Crippen LogP contribution in [0.3, 0.4) is 0 Å². The molecule has 0 unspecified atom stereocenters. The Balaban J connectivity index is 1.45. The zero-order valence-corrected chi connectivity index (χ0v) is 16.9. The van der Waals surface area contributed by atoms with Crippen LogP contribution in [0.25, 0.3) is 5.57 Å². The lowest BCUT2D eigenvalue weighted by Crippen LogP contribution is -2.43. The van der Waals surface area contributed by atoms with E-state index in [1.165, 1.54) is 0 Å². The first-order valence-corrected chi connectivity index (χ1v) is 10.6. The van der Waals surface area contributed by atoms with E-state index >= 15 is 0 Å². The fourth-order valence-electron chi connectivity index (χ4n) is 4.36. The molecule has 1 N–H and O–H groups in total. The van der Waals surface area contributed by atoms with Crippen molar-refractivity contribution in [2.24, 2.45) is 11.8 Å². The first kappa shape index (κ1) is 20.4. The molecule has 4 rings (SSSR count). The number of aliphatic hydroxyl groups excluding tert-OH is 1. The van der Waals surface area contributed by atoms with Gasteiger partial charge in [0.25, 0.3) is 0 Å². The van der Waals surface area contributed by atoms with E-state index in [-0.39, 0.29) is 18.9 Å². The second-order valence-corrected chi connectivity index (χ2v) is 8.08. The van der Waals surface area contributed by atoms with Gasteiger partial charge in [0.05, 0.1) is 17.9 Å². The monoisotopic (exact) mass is 405 g/mol. The van der Waals surface area contributed by atoms with Crippen molar-refractivity contribution in [2.45, 2.75) is 38.4 Å². The number of benzene rings is 2. The number of rotatable bonds is 5. The molecule has 5 heteroatoms. The summed E-state index contributed by atoms with van der Waals surface area (Å²) in [4.78, 5) is 27.8. The average Bonchev–Trinajstić information content (AvgIpc) is 3.29. The Labute approximate surface area is 177 Å². The molecular formula is C25H27NO4. The van der Waals surface area contributed by atoms with E-state index < -0.39 is 23.9 Å². The number of nitrogens with zero attached hydrogens (tertiary/aromatic N) is 1. The fourth-order valence-corrected chi connectivity index (χ4v) is 4.36. The van der Waals surface area contributed by atoms with Crippen LogP contribution in [0.2, 0.25) is 0 Å². The van der Waals surface area contributed by atoms with Crippen molar-refractivity contribution in [3.05, 3.63) is 78.0 Å². The number of carbonyl (C=O) groups excluding carboxylic acids is 2. The quantitative estimate of drug-likeness (QED) is 0.769. The maximum absolute atomic E-state index is 13.3. The van der Waals surface area contributed by atoms with Crippen molar-refractivity contribution in [1.29, 1.82) is 0 Å². The van der Waals surface area contributed by atoms with E-state index in [1.807, 2.05) is 66.9 Å². The molecule has 0 saturated heterocycles. The van der Waals surface area contributed by atoms with E-state index in [0.29, 0.717) is 19.4 Å². The van der Waals surface area contributed by atoms with Crippen molar-refractivity contribution >= 4 is 17.4 Å². The second-order valence-electron chi connectivity index (χ2n) is 8.08. The summed E-state index contributed by atoms with van der Waals surface area (Å²) in [5, 5.41) is 10.1. The summed E-state index contributed by atoms with van der Waals surface area (Å²) in [6.07, 6.45) is 3.44. The summed E-state index contributed by atoms with van der Waals surface area (Å²) in [6.45, 7) is 0.794. The van der Waals surface area contributed by atoms with E-state index in [4.69, 9.17) is 4.74 Å². The third-order valence-electron chi connectivity index (χ3n) is 6.03. The number of carbonyl (C=O) groups is 2. The van der Waals surface area contributed by atoms with Crippen LogP contribution in [-0.2, 0) is 20.9 Å². The molecule has 2 aromatic rings. The van der Waals surface area contributed by atoms with E-state index in [2.05, 4.69) is 0 Å². The fraction of sp³-hybridized carbons (Fsp3) is 0.360. The SMILES string of the molecule is O=C(OCc1ccccc1)[C@H]1C[C@@H](O)CC[C@@H]1C(=O)N1C=C(c2ccccc2)CC1. The number of esters is 1. The van der Waals surface area contributed by atoms with Gasteiger partial charge >= 0.3 is 5.97 Å². The standard InChI is InChI=1S/C25H27NO4/c27-21-11-12-22(23(15-21)25(29)30-17-18-7-3-1-4-8-18)24(28)26-14-13-20(16-26)19-9-5-2-6-10-19/h1-10,16,21-23,27H,11-15,17H2/t21-,22-,23-/m0/s1. The Bertz CT molecular complexity index is 909. The van der Waals surface area contributed by atoms with Gasteiger partial charge in [-0.05, 0) is 42.4 Å². The minimum absolute atomic E-state index is 0.0468. The Morgan fingerprint density at radius 1 is 0.967 bits per heavy atom. The van der Waals surface area contributed by atoms with Gasteiger partial charge in [-0.1, -0.05) is 60.7 Å². The molecule has 2 aromatic carbocycles. The Kier molecular flexibility index (Phi) is 6.29. The van der Waals surface area contributed by atoms with Crippen LogP contribution in [0.5, 0.6) is 0 Å². The topological polar surface area (TPSA) is 66.8 Å². The predicted molar refractivity (Wildman–Crippen MR) is 114 cm³/mol. The molecule has 5 nitrogen and oxygen atoms in total. The Morgan fingerprint density at radius 2 is 1.67 bits per heavy atom. The molecule has 156 valence electrons. The molecule has 1 aliphatic heterocycles. The first-order chi connectivity index (χ1) is 14.6. The molecule has 0 spiro atoms. The molecule has 1 amide bonds. The number of hydrogen-bond acceptors (Lipinski definition) is 4. The van der Waals surface area contributed by atoms with Gasteiger partial charge in [0, 0.05) is 12.7 Å². The summed E-state index contributed by atoms with van der Waals surface area (Å²) in [7, 11) is 0. The van der Waals surface area contributed by atoms with Crippen molar-refractivity contribution in [1.82, 2.24) is 4.90 Å². The summed E-state index contributed by atoms with van der Waals surface area (Å²) in [6, 6.07) is 19.5. The minimum Gasteiger partial charge on any atom is -0.461 e. The maximum Gasteiger partial charge on any atom is 0.310 e. The van der Waals surface area contributed by atoms with Gasteiger partial charge in [0.1, 0.15) is 6.61 Å². The van der Waals surface area contributed by atoms with E-state index in [1.54, 1.807) is 4.90 Å². The molecule has 0 bridgehead atoms. The zero-order valence-electron chi connectivity index (χ0n) is 16.9. The highest BCUT2D eigenvalue weighted by molar-refractivity contribution is 5.88. The van der Waals surface area contributed by atoms with Crippen LogP contribution in [0.1, 0.15) is 36.8 Å².